The van der Waals surface area contributed by atoms with Crippen molar-refractivity contribution in [3.05, 3.63) is 23.8 Å². The Bertz CT molecular complexity index is 879. The number of hydrogen-bond acceptors (Lipinski definition) is 7. The zero-order chi connectivity index (χ0) is 18.4. The number of amides is 1. The standard InChI is InChI=1S/C15H17N3O5S2/c1-9(13(19)17(2)3)23-14(20)10-4-5-11-12(8-10)24-15-16-25(21,22)7-6-18(11)15/h4-5,8-9H,6-7H2,1-3H3/t9-/m1/s1. The number of anilines is 1. The van der Waals surface area contributed by atoms with Gasteiger partial charge in [-0.1, -0.05) is 0 Å². The van der Waals surface area contributed by atoms with Crippen LogP contribution < -0.4 is 4.90 Å². The van der Waals surface area contributed by atoms with Gasteiger partial charge in [0.2, 0.25) is 0 Å². The van der Waals surface area contributed by atoms with Crippen molar-refractivity contribution in [1.29, 1.82) is 0 Å². The van der Waals surface area contributed by atoms with Crippen molar-refractivity contribution >= 4 is 44.5 Å². The topological polar surface area (TPSA) is 96.3 Å². The highest BCUT2D eigenvalue weighted by Crippen LogP contribution is 2.42. The summed E-state index contributed by atoms with van der Waals surface area (Å²) in [5.74, 6) is -0.948. The Labute approximate surface area is 149 Å². The minimum absolute atomic E-state index is 0.0372. The monoisotopic (exact) mass is 383 g/mol. The third-order valence-electron chi connectivity index (χ3n) is 3.78. The number of sulfonamides is 1. The number of fused-ring (bicyclic) bond motifs is 3. The molecule has 1 atom stereocenters. The number of nitrogens with zero attached hydrogens (tertiary/aromatic N) is 3. The van der Waals surface area contributed by atoms with Gasteiger partial charge in [-0.05, 0) is 36.9 Å². The van der Waals surface area contributed by atoms with Crippen LogP contribution >= 0.6 is 11.8 Å². The smallest absolute Gasteiger partial charge is 0.338 e. The molecule has 0 radical (unpaired) electrons. The van der Waals surface area contributed by atoms with Gasteiger partial charge in [-0.15, -0.1) is 4.40 Å². The van der Waals surface area contributed by atoms with Gasteiger partial charge in [-0.25, -0.2) is 13.2 Å². The van der Waals surface area contributed by atoms with Crippen LogP contribution in [0.25, 0.3) is 0 Å². The zero-order valence-corrected chi connectivity index (χ0v) is 15.6. The minimum atomic E-state index is -3.42. The summed E-state index contributed by atoms with van der Waals surface area (Å²) in [5, 5.41) is 0.392. The van der Waals surface area contributed by atoms with E-state index in [0.717, 1.165) is 10.6 Å². The zero-order valence-electron chi connectivity index (χ0n) is 13.9. The molecule has 1 amide bonds. The lowest BCUT2D eigenvalue weighted by molar-refractivity contribution is -0.137. The second-order valence-corrected chi connectivity index (χ2v) is 8.64. The maximum Gasteiger partial charge on any atom is 0.338 e. The largest absolute Gasteiger partial charge is 0.449 e. The molecular formula is C15H17N3O5S2. The normalized spacial score (nSPS) is 18.7. The Morgan fingerprint density at radius 3 is 2.76 bits per heavy atom. The lowest BCUT2D eigenvalue weighted by Crippen LogP contribution is -2.35. The average Bonchev–Trinajstić information content (AvgIpc) is 2.88. The van der Waals surface area contributed by atoms with E-state index in [4.69, 9.17) is 4.74 Å². The summed E-state index contributed by atoms with van der Waals surface area (Å²) in [5.41, 5.74) is 1.11. The van der Waals surface area contributed by atoms with E-state index in [1.807, 2.05) is 4.90 Å². The van der Waals surface area contributed by atoms with Crippen LogP contribution in [0.2, 0.25) is 0 Å². The molecule has 2 aliphatic rings. The summed E-state index contributed by atoms with van der Waals surface area (Å²) in [7, 11) is -0.249. The molecule has 0 N–H and O–H groups in total. The van der Waals surface area contributed by atoms with Crippen LogP contribution in [0.4, 0.5) is 5.69 Å². The minimum Gasteiger partial charge on any atom is -0.449 e. The summed E-state index contributed by atoms with van der Waals surface area (Å²) >= 11 is 1.20. The number of rotatable bonds is 3. The molecule has 10 heteroatoms. The van der Waals surface area contributed by atoms with Crippen molar-refractivity contribution in [2.75, 3.05) is 31.3 Å². The Hall–Kier alpha value is -2.07. The van der Waals surface area contributed by atoms with Crippen molar-refractivity contribution < 1.29 is 22.7 Å². The van der Waals surface area contributed by atoms with Gasteiger partial charge in [0.1, 0.15) is 0 Å². The molecule has 0 unspecified atom stereocenters. The highest BCUT2D eigenvalue weighted by molar-refractivity contribution is 8.15. The maximum absolute atomic E-state index is 12.3. The number of esters is 1. The molecule has 1 aromatic rings. The summed E-state index contributed by atoms with van der Waals surface area (Å²) in [6.45, 7) is 1.85. The highest BCUT2D eigenvalue weighted by atomic mass is 32.2. The van der Waals surface area contributed by atoms with Gasteiger partial charge in [-0.3, -0.25) is 4.79 Å². The predicted molar refractivity (Wildman–Crippen MR) is 94.4 cm³/mol. The maximum atomic E-state index is 12.3. The fourth-order valence-electron chi connectivity index (χ4n) is 2.50. The number of benzene rings is 1. The molecule has 2 heterocycles. The quantitative estimate of drug-likeness (QED) is 0.717. The Balaban J connectivity index is 1.80. The molecule has 1 aromatic carbocycles. The van der Waals surface area contributed by atoms with Gasteiger partial charge in [0.05, 0.1) is 17.0 Å². The van der Waals surface area contributed by atoms with Gasteiger partial charge in [0.25, 0.3) is 15.9 Å². The van der Waals surface area contributed by atoms with Crippen LogP contribution in [-0.2, 0) is 19.6 Å². The molecule has 0 saturated heterocycles. The lowest BCUT2D eigenvalue weighted by Gasteiger charge is -2.22. The van der Waals surface area contributed by atoms with Crippen molar-refractivity contribution in [3.8, 4) is 0 Å². The molecule has 25 heavy (non-hydrogen) atoms. The van der Waals surface area contributed by atoms with Gasteiger partial charge in [-0.2, -0.15) is 0 Å². The summed E-state index contributed by atoms with van der Waals surface area (Å²) in [6.07, 6.45) is -0.885. The number of thioether (sulfide) groups is 1. The fraction of sp³-hybridized carbons (Fsp3) is 0.400. The Kier molecular flexibility index (Phi) is 4.50. The van der Waals surface area contributed by atoms with E-state index in [9.17, 15) is 18.0 Å². The molecule has 0 aromatic heterocycles. The van der Waals surface area contributed by atoms with Crippen LogP contribution in [0.5, 0.6) is 0 Å². The molecule has 0 fully saturated rings. The van der Waals surface area contributed by atoms with Crippen molar-refractivity contribution in [2.24, 2.45) is 4.40 Å². The molecule has 0 spiro atoms. The number of carbonyl (C=O) groups excluding carboxylic acids is 2. The predicted octanol–water partition coefficient (Wildman–Crippen LogP) is 0.932. The number of ether oxygens (including phenoxy) is 1. The van der Waals surface area contributed by atoms with Crippen LogP contribution in [0.15, 0.2) is 27.5 Å². The average molecular weight is 383 g/mol. The molecule has 8 nitrogen and oxygen atoms in total. The van der Waals surface area contributed by atoms with E-state index in [0.29, 0.717) is 17.3 Å². The molecule has 0 aliphatic carbocycles. The first-order chi connectivity index (χ1) is 11.7. The van der Waals surface area contributed by atoms with Gasteiger partial charge in [0.15, 0.2) is 11.3 Å². The first-order valence-electron chi connectivity index (χ1n) is 7.52. The lowest BCUT2D eigenvalue weighted by atomic mass is 10.2. The molecule has 3 rings (SSSR count). The number of hydrogen-bond donors (Lipinski definition) is 0. The van der Waals surface area contributed by atoms with E-state index < -0.39 is 22.1 Å². The molecule has 134 valence electrons. The third kappa shape index (κ3) is 3.49. The highest BCUT2D eigenvalue weighted by Gasteiger charge is 2.33. The second kappa shape index (κ2) is 6.34. The van der Waals surface area contributed by atoms with E-state index >= 15 is 0 Å². The fourth-order valence-corrected chi connectivity index (χ4v) is 4.80. The van der Waals surface area contributed by atoms with E-state index in [-0.39, 0.29) is 11.7 Å². The van der Waals surface area contributed by atoms with Gasteiger partial charge >= 0.3 is 5.97 Å². The van der Waals surface area contributed by atoms with Crippen LogP contribution in [0.3, 0.4) is 0 Å². The Morgan fingerprint density at radius 2 is 2.08 bits per heavy atom. The van der Waals surface area contributed by atoms with E-state index in [1.54, 1.807) is 32.3 Å². The van der Waals surface area contributed by atoms with Crippen molar-refractivity contribution in [2.45, 2.75) is 17.9 Å². The second-order valence-electron chi connectivity index (χ2n) is 5.88. The number of likely N-dealkylation sites (N-methyl/N-ethyl adjacent to an activating group) is 1. The number of carbonyl (C=O) groups is 2. The van der Waals surface area contributed by atoms with Gasteiger partial charge < -0.3 is 14.5 Å². The number of amidine groups is 1. The first kappa shape index (κ1) is 17.7. The summed E-state index contributed by atoms with van der Waals surface area (Å²) in [4.78, 5) is 28.0. The van der Waals surface area contributed by atoms with Crippen LogP contribution in [-0.4, -0.2) is 62.9 Å². The third-order valence-corrected chi connectivity index (χ3v) is 6.09. The van der Waals surface area contributed by atoms with Crippen LogP contribution in [0, 0.1) is 0 Å². The van der Waals surface area contributed by atoms with E-state index in [2.05, 4.69) is 4.40 Å². The molecule has 2 aliphatic heterocycles. The van der Waals surface area contributed by atoms with Crippen molar-refractivity contribution in [3.63, 3.8) is 0 Å². The molecule has 0 saturated carbocycles. The summed E-state index contributed by atoms with van der Waals surface area (Å²) < 4.78 is 32.2. The van der Waals surface area contributed by atoms with Crippen LogP contribution in [0.1, 0.15) is 17.3 Å². The van der Waals surface area contributed by atoms with E-state index in [1.165, 1.54) is 23.6 Å². The Morgan fingerprint density at radius 1 is 1.36 bits per heavy atom. The molecule has 0 bridgehead atoms. The first-order valence-corrected chi connectivity index (χ1v) is 9.95. The molecular weight excluding hydrogens is 366 g/mol. The van der Waals surface area contributed by atoms with Crippen molar-refractivity contribution in [1.82, 2.24) is 4.90 Å². The van der Waals surface area contributed by atoms with Gasteiger partial charge in [0, 0.05) is 25.5 Å². The SMILES string of the molecule is C[C@@H](OC(=O)c1ccc2c(c1)SC1=NS(=O)(=O)CCN12)C(=O)N(C)C. The summed E-state index contributed by atoms with van der Waals surface area (Å²) in [6, 6.07) is 4.96.